The van der Waals surface area contributed by atoms with E-state index >= 15 is 0 Å². The van der Waals surface area contributed by atoms with Gasteiger partial charge in [-0.05, 0) is 24.6 Å². The van der Waals surface area contributed by atoms with Crippen molar-refractivity contribution in [2.45, 2.75) is 19.4 Å². The average molecular weight is 431 g/mol. The average Bonchev–Trinajstić information content (AvgIpc) is 3.05. The molecule has 7 nitrogen and oxygen atoms in total. The third-order valence-electron chi connectivity index (χ3n) is 4.24. The molecule has 1 N–H and O–H groups in total. The number of fused-ring (bicyclic) bond motifs is 1. The van der Waals surface area contributed by atoms with Crippen molar-refractivity contribution in [1.82, 2.24) is 14.5 Å². The number of benzene rings is 1. The van der Waals surface area contributed by atoms with Gasteiger partial charge in [0.25, 0.3) is 5.56 Å². The topological polar surface area (TPSA) is 92.5 Å². The van der Waals surface area contributed by atoms with Crippen LogP contribution >= 0.6 is 28.3 Å². The highest BCUT2D eigenvalue weighted by Gasteiger charge is 2.30. The highest BCUT2D eigenvalue weighted by Crippen LogP contribution is 2.18. The van der Waals surface area contributed by atoms with E-state index in [1.165, 1.54) is 10.9 Å². The van der Waals surface area contributed by atoms with Crippen molar-refractivity contribution in [3.05, 3.63) is 39.4 Å². The van der Waals surface area contributed by atoms with E-state index in [1.807, 2.05) is 6.07 Å². The number of carbonyl (C=O) groups is 2. The minimum absolute atomic E-state index is 0. The molecule has 1 aromatic heterocycles. The summed E-state index contributed by atoms with van der Waals surface area (Å²) in [5, 5.41) is 9.48. The first-order valence-corrected chi connectivity index (χ1v) is 8.40. The molecule has 1 saturated heterocycles. The zero-order valence-corrected chi connectivity index (χ0v) is 15.6. The molecule has 1 aliphatic rings. The summed E-state index contributed by atoms with van der Waals surface area (Å²) in [6.07, 6.45) is 2.07. The third-order valence-corrected chi connectivity index (χ3v) is 4.74. The van der Waals surface area contributed by atoms with Gasteiger partial charge >= 0.3 is 5.97 Å². The number of amides is 1. The Morgan fingerprint density at radius 2 is 2.12 bits per heavy atom. The Kier molecular flexibility index (Phi) is 6.18. The summed E-state index contributed by atoms with van der Waals surface area (Å²) in [6.45, 7) is 0.918. The molecule has 3 rings (SSSR count). The molecule has 1 aliphatic heterocycles. The van der Waals surface area contributed by atoms with Gasteiger partial charge in [0, 0.05) is 30.5 Å². The predicted octanol–water partition coefficient (Wildman–Crippen LogP) is 1.90. The van der Waals surface area contributed by atoms with E-state index in [4.69, 9.17) is 5.11 Å². The largest absolute Gasteiger partial charge is 0.481 e. The van der Waals surface area contributed by atoms with E-state index in [9.17, 15) is 14.4 Å². The first-order chi connectivity index (χ1) is 11.5. The molecule has 1 atom stereocenters. The molecule has 0 bridgehead atoms. The quantitative estimate of drug-likeness (QED) is 0.800. The number of hydrogen-bond donors (Lipinski definition) is 1. The number of aromatic nitrogens is 2. The van der Waals surface area contributed by atoms with E-state index in [0.29, 0.717) is 23.9 Å². The number of halogens is 2. The Morgan fingerprint density at radius 1 is 1.36 bits per heavy atom. The van der Waals surface area contributed by atoms with Gasteiger partial charge in [-0.3, -0.25) is 19.0 Å². The van der Waals surface area contributed by atoms with E-state index < -0.39 is 11.9 Å². The van der Waals surface area contributed by atoms with Crippen molar-refractivity contribution in [3.63, 3.8) is 0 Å². The van der Waals surface area contributed by atoms with Gasteiger partial charge in [0.2, 0.25) is 5.91 Å². The fourth-order valence-corrected chi connectivity index (χ4v) is 3.21. The number of nitrogens with zero attached hydrogens (tertiary/aromatic N) is 3. The van der Waals surface area contributed by atoms with Crippen LogP contribution in [0.5, 0.6) is 0 Å². The molecule has 25 heavy (non-hydrogen) atoms. The van der Waals surface area contributed by atoms with Gasteiger partial charge in [-0.2, -0.15) is 0 Å². The second-order valence-corrected chi connectivity index (χ2v) is 6.73. The Bertz CT molecular complexity index is 870. The van der Waals surface area contributed by atoms with Gasteiger partial charge in [0.15, 0.2) is 0 Å². The van der Waals surface area contributed by atoms with Gasteiger partial charge in [-0.15, -0.1) is 12.4 Å². The van der Waals surface area contributed by atoms with Crippen LogP contribution in [0.4, 0.5) is 0 Å². The summed E-state index contributed by atoms with van der Waals surface area (Å²) >= 11 is 3.33. The van der Waals surface area contributed by atoms with Crippen LogP contribution in [0.1, 0.15) is 12.8 Å². The molecule has 1 amide bonds. The fraction of sp³-hybridized carbons (Fsp3) is 0.375. The van der Waals surface area contributed by atoms with Crippen LogP contribution in [-0.2, 0) is 16.1 Å². The number of carbonyl (C=O) groups excluding carboxylic acids is 1. The summed E-state index contributed by atoms with van der Waals surface area (Å²) < 4.78 is 2.21. The molecule has 0 saturated carbocycles. The number of aliphatic carboxylic acids is 1. The second-order valence-electron chi connectivity index (χ2n) is 5.82. The van der Waals surface area contributed by atoms with E-state index in [-0.39, 0.29) is 43.4 Å². The maximum absolute atomic E-state index is 12.5. The second kappa shape index (κ2) is 7.97. The van der Waals surface area contributed by atoms with E-state index in [2.05, 4.69) is 20.9 Å². The van der Waals surface area contributed by atoms with Crippen LogP contribution in [0.25, 0.3) is 10.9 Å². The summed E-state index contributed by atoms with van der Waals surface area (Å²) in [5.41, 5.74) is 0.411. The summed E-state index contributed by atoms with van der Waals surface area (Å²) in [5.74, 6) is -1.50. The highest BCUT2D eigenvalue weighted by molar-refractivity contribution is 9.10. The normalized spacial score (nSPS) is 16.7. The first kappa shape index (κ1) is 19.4. The zero-order chi connectivity index (χ0) is 17.3. The summed E-state index contributed by atoms with van der Waals surface area (Å²) in [7, 11) is 0. The van der Waals surface area contributed by atoms with Crippen LogP contribution in [0.2, 0.25) is 0 Å². The number of hydrogen-bond acceptors (Lipinski definition) is 4. The van der Waals surface area contributed by atoms with Crippen molar-refractivity contribution in [2.75, 3.05) is 13.1 Å². The van der Waals surface area contributed by atoms with E-state index in [1.54, 1.807) is 17.0 Å². The van der Waals surface area contributed by atoms with Gasteiger partial charge in [-0.25, -0.2) is 4.98 Å². The molecule has 0 aliphatic carbocycles. The number of aryl methyl sites for hydroxylation is 1. The lowest BCUT2D eigenvalue weighted by Gasteiger charge is -2.16. The number of likely N-dealkylation sites (tertiary alicyclic amines) is 1. The fourth-order valence-electron chi connectivity index (χ4n) is 2.85. The molecule has 1 fully saturated rings. The predicted molar refractivity (Wildman–Crippen MR) is 97.9 cm³/mol. The Morgan fingerprint density at radius 3 is 2.80 bits per heavy atom. The molecule has 0 spiro atoms. The highest BCUT2D eigenvalue weighted by atomic mass is 79.9. The van der Waals surface area contributed by atoms with Crippen molar-refractivity contribution in [3.8, 4) is 0 Å². The monoisotopic (exact) mass is 429 g/mol. The van der Waals surface area contributed by atoms with Gasteiger partial charge in [0.05, 0.1) is 23.1 Å². The van der Waals surface area contributed by atoms with Crippen LogP contribution in [0.15, 0.2) is 33.8 Å². The number of rotatable bonds is 4. The van der Waals surface area contributed by atoms with Gasteiger partial charge in [0.1, 0.15) is 0 Å². The molecule has 2 heterocycles. The van der Waals surface area contributed by atoms with Crippen molar-refractivity contribution in [2.24, 2.45) is 5.92 Å². The SMILES string of the molecule is Cl.O=C(O)C1CCN(C(=O)CCn2cnc3ccc(Br)cc3c2=O)C1. The molecule has 9 heteroatoms. The lowest BCUT2D eigenvalue weighted by molar-refractivity contribution is -0.141. The van der Waals surface area contributed by atoms with E-state index in [0.717, 1.165) is 4.47 Å². The van der Waals surface area contributed by atoms with Crippen LogP contribution < -0.4 is 5.56 Å². The minimum Gasteiger partial charge on any atom is -0.481 e. The van der Waals surface area contributed by atoms with Crippen molar-refractivity contribution >= 4 is 51.1 Å². The summed E-state index contributed by atoms with van der Waals surface area (Å²) in [4.78, 5) is 41.4. The molecule has 1 aromatic carbocycles. The number of carboxylic acid groups (broad SMARTS) is 1. The van der Waals surface area contributed by atoms with Gasteiger partial charge < -0.3 is 10.0 Å². The van der Waals surface area contributed by atoms with Gasteiger partial charge in [-0.1, -0.05) is 15.9 Å². The molecule has 134 valence electrons. The maximum Gasteiger partial charge on any atom is 0.308 e. The molecule has 2 aromatic rings. The lowest BCUT2D eigenvalue weighted by Crippen LogP contribution is -2.31. The third kappa shape index (κ3) is 4.19. The van der Waals surface area contributed by atoms with Crippen LogP contribution in [0, 0.1) is 5.92 Å². The molecular weight excluding hydrogens is 414 g/mol. The number of carboxylic acids is 1. The van der Waals surface area contributed by atoms with Crippen LogP contribution in [-0.4, -0.2) is 44.5 Å². The molecule has 1 unspecified atom stereocenters. The Labute approximate surface area is 158 Å². The lowest BCUT2D eigenvalue weighted by atomic mass is 10.1. The van der Waals surface area contributed by atoms with Crippen molar-refractivity contribution < 1.29 is 14.7 Å². The Balaban J connectivity index is 0.00000225. The maximum atomic E-state index is 12.5. The minimum atomic E-state index is -0.870. The van der Waals surface area contributed by atoms with Crippen LogP contribution in [0.3, 0.4) is 0 Å². The molecular formula is C16H17BrClN3O4. The molecule has 0 radical (unpaired) electrons. The zero-order valence-electron chi connectivity index (χ0n) is 13.2. The summed E-state index contributed by atoms with van der Waals surface area (Å²) in [6, 6.07) is 5.28. The Hall–Kier alpha value is -1.93. The first-order valence-electron chi connectivity index (χ1n) is 7.61. The standard InChI is InChI=1S/C16H16BrN3O4.ClH/c17-11-1-2-13-12(7-11)15(22)20(9-18-13)6-4-14(21)19-5-3-10(8-19)16(23)24;/h1-2,7,9-10H,3-6,8H2,(H,23,24);1H. The smallest absolute Gasteiger partial charge is 0.308 e. The van der Waals surface area contributed by atoms with Crippen molar-refractivity contribution in [1.29, 1.82) is 0 Å².